The van der Waals surface area contributed by atoms with E-state index in [1.165, 1.54) is 0 Å². The number of amides is 1. The van der Waals surface area contributed by atoms with Crippen molar-refractivity contribution in [3.05, 3.63) is 83.4 Å². The highest BCUT2D eigenvalue weighted by Crippen LogP contribution is 2.36. The highest BCUT2D eigenvalue weighted by molar-refractivity contribution is 6.34. The van der Waals surface area contributed by atoms with E-state index < -0.39 is 0 Å². The van der Waals surface area contributed by atoms with Crippen molar-refractivity contribution in [2.75, 3.05) is 12.4 Å². The lowest BCUT2D eigenvalue weighted by molar-refractivity contribution is 0.102. The van der Waals surface area contributed by atoms with Crippen LogP contribution in [0.25, 0.3) is 22.3 Å². The van der Waals surface area contributed by atoms with Gasteiger partial charge in [0.25, 0.3) is 5.91 Å². The number of rotatable bonds is 4. The summed E-state index contributed by atoms with van der Waals surface area (Å²) in [5.74, 6) is 0.854. The predicted molar refractivity (Wildman–Crippen MR) is 108 cm³/mol. The Morgan fingerprint density at radius 1 is 1.00 bits per heavy atom. The molecule has 0 aliphatic rings. The van der Waals surface area contributed by atoms with Gasteiger partial charge in [-0.25, -0.2) is 0 Å². The lowest BCUT2D eigenvalue weighted by Gasteiger charge is -2.08. The van der Waals surface area contributed by atoms with Crippen molar-refractivity contribution in [2.24, 2.45) is 0 Å². The van der Waals surface area contributed by atoms with Crippen LogP contribution in [0.2, 0.25) is 5.02 Å². The van der Waals surface area contributed by atoms with Crippen molar-refractivity contribution in [1.29, 1.82) is 0 Å². The number of carbonyl (C=O) groups excluding carboxylic acids is 1. The Balaban J connectivity index is 1.88. The summed E-state index contributed by atoms with van der Waals surface area (Å²) in [5, 5.41) is 4.03. The molecule has 0 saturated carbocycles. The largest absolute Gasteiger partial charge is 0.497 e. The van der Waals surface area contributed by atoms with Crippen molar-refractivity contribution in [2.45, 2.75) is 0 Å². The maximum Gasteiger partial charge on any atom is 0.260 e. The van der Waals surface area contributed by atoms with Crippen LogP contribution >= 0.6 is 11.6 Å². The Kier molecular flexibility index (Phi) is 4.57. The molecule has 1 aromatic heterocycles. The van der Waals surface area contributed by atoms with Crippen molar-refractivity contribution in [1.82, 2.24) is 0 Å². The zero-order chi connectivity index (χ0) is 18.8. The molecule has 27 heavy (non-hydrogen) atoms. The number of fused-ring (bicyclic) bond motifs is 1. The fraction of sp³-hybridized carbons (Fsp3) is 0.0455. The molecule has 0 bridgehead atoms. The summed E-state index contributed by atoms with van der Waals surface area (Å²) in [6.07, 6.45) is 0. The molecule has 0 aliphatic carbocycles. The lowest BCUT2D eigenvalue weighted by Crippen LogP contribution is -2.12. The van der Waals surface area contributed by atoms with Crippen molar-refractivity contribution in [3.8, 4) is 17.1 Å². The van der Waals surface area contributed by atoms with Crippen LogP contribution in [0.1, 0.15) is 10.4 Å². The average Bonchev–Trinajstić information content (AvgIpc) is 3.09. The lowest BCUT2D eigenvalue weighted by atomic mass is 10.0. The normalized spacial score (nSPS) is 10.7. The number of benzene rings is 3. The maximum atomic E-state index is 13.2. The first kappa shape index (κ1) is 17.2. The monoisotopic (exact) mass is 377 g/mol. The molecule has 4 rings (SSSR count). The summed E-state index contributed by atoms with van der Waals surface area (Å²) in [6.45, 7) is 0. The van der Waals surface area contributed by atoms with Crippen LogP contribution in [0, 0.1) is 0 Å². The van der Waals surface area contributed by atoms with Crippen LogP contribution in [0.5, 0.6) is 5.75 Å². The molecule has 0 spiro atoms. The van der Waals surface area contributed by atoms with Gasteiger partial charge in [-0.2, -0.15) is 0 Å². The first-order valence-corrected chi connectivity index (χ1v) is 8.77. The van der Waals surface area contributed by atoms with Gasteiger partial charge in [-0.1, -0.05) is 54.1 Å². The second-order valence-corrected chi connectivity index (χ2v) is 6.38. The van der Waals surface area contributed by atoms with Crippen LogP contribution in [0.4, 0.5) is 5.69 Å². The smallest absolute Gasteiger partial charge is 0.260 e. The van der Waals surface area contributed by atoms with Crippen LogP contribution in [0.3, 0.4) is 0 Å². The van der Waals surface area contributed by atoms with Gasteiger partial charge in [0.05, 0.1) is 23.4 Å². The second kappa shape index (κ2) is 7.17. The number of furan rings is 1. The molecular weight excluding hydrogens is 362 g/mol. The molecule has 3 aromatic carbocycles. The standard InChI is InChI=1S/C22H16ClNO3/c1-26-15-11-12-19-16(13-15)20(21(27-19)14-7-3-2-4-8-14)22(25)24-18-10-6-5-9-17(18)23/h2-13H,1H3,(H,24,25). The van der Waals surface area contributed by atoms with Gasteiger partial charge in [-0.05, 0) is 30.3 Å². The van der Waals surface area contributed by atoms with Gasteiger partial charge >= 0.3 is 0 Å². The van der Waals surface area contributed by atoms with E-state index in [1.807, 2.05) is 42.5 Å². The van der Waals surface area contributed by atoms with Gasteiger partial charge in [-0.3, -0.25) is 4.79 Å². The van der Waals surface area contributed by atoms with Crippen molar-refractivity contribution >= 4 is 34.2 Å². The molecular formula is C22H16ClNO3. The number of methoxy groups -OCH3 is 1. The molecule has 0 saturated heterocycles. The number of anilines is 1. The number of carbonyl (C=O) groups is 1. The zero-order valence-corrected chi connectivity index (χ0v) is 15.3. The van der Waals surface area contributed by atoms with Crippen molar-refractivity contribution < 1.29 is 13.9 Å². The molecule has 0 fully saturated rings. The van der Waals surface area contributed by atoms with E-state index in [9.17, 15) is 4.79 Å². The van der Waals surface area contributed by atoms with Gasteiger partial charge in [0.15, 0.2) is 0 Å². The van der Waals surface area contributed by atoms with Crippen molar-refractivity contribution in [3.63, 3.8) is 0 Å². The van der Waals surface area contributed by atoms with Crippen LogP contribution in [-0.4, -0.2) is 13.0 Å². The van der Waals surface area contributed by atoms with E-state index >= 15 is 0 Å². The van der Waals surface area contributed by atoms with E-state index in [4.69, 9.17) is 20.8 Å². The Hall–Kier alpha value is -3.24. The molecule has 1 N–H and O–H groups in total. The van der Waals surface area contributed by atoms with E-state index in [-0.39, 0.29) is 5.91 Å². The zero-order valence-electron chi connectivity index (χ0n) is 14.5. The van der Waals surface area contributed by atoms with E-state index in [0.29, 0.717) is 38.8 Å². The summed E-state index contributed by atoms with van der Waals surface area (Å²) in [7, 11) is 1.59. The van der Waals surface area contributed by atoms with E-state index in [0.717, 1.165) is 5.56 Å². The fourth-order valence-electron chi connectivity index (χ4n) is 2.97. The van der Waals surface area contributed by atoms with Gasteiger partial charge < -0.3 is 14.5 Å². The second-order valence-electron chi connectivity index (χ2n) is 5.97. The topological polar surface area (TPSA) is 51.5 Å². The molecule has 4 nitrogen and oxygen atoms in total. The number of hydrogen-bond acceptors (Lipinski definition) is 3. The molecule has 1 amide bonds. The summed E-state index contributed by atoms with van der Waals surface area (Å²) in [5.41, 5.74) is 2.41. The molecule has 134 valence electrons. The number of para-hydroxylation sites is 1. The van der Waals surface area contributed by atoms with Gasteiger partial charge in [-0.15, -0.1) is 0 Å². The Morgan fingerprint density at radius 2 is 1.74 bits per heavy atom. The third-order valence-electron chi connectivity index (χ3n) is 4.28. The number of nitrogens with one attached hydrogen (secondary N) is 1. The predicted octanol–water partition coefficient (Wildman–Crippen LogP) is 6.01. The molecule has 0 aliphatic heterocycles. The minimum Gasteiger partial charge on any atom is -0.497 e. The van der Waals surface area contributed by atoms with E-state index in [2.05, 4.69) is 5.32 Å². The minimum atomic E-state index is -0.297. The minimum absolute atomic E-state index is 0.297. The molecule has 0 radical (unpaired) electrons. The first-order chi connectivity index (χ1) is 13.2. The Labute approximate surface area is 161 Å². The quantitative estimate of drug-likeness (QED) is 0.473. The third-order valence-corrected chi connectivity index (χ3v) is 4.61. The summed E-state index contributed by atoms with van der Waals surface area (Å²) >= 11 is 6.19. The molecule has 0 unspecified atom stereocenters. The van der Waals surface area contributed by atoms with Gasteiger partial charge in [0.2, 0.25) is 0 Å². The highest BCUT2D eigenvalue weighted by atomic mass is 35.5. The Morgan fingerprint density at radius 3 is 2.48 bits per heavy atom. The maximum absolute atomic E-state index is 13.2. The summed E-state index contributed by atoms with van der Waals surface area (Å²) in [4.78, 5) is 13.2. The van der Waals surface area contributed by atoms with Gasteiger partial charge in [0.1, 0.15) is 17.1 Å². The van der Waals surface area contributed by atoms with Crippen LogP contribution < -0.4 is 10.1 Å². The fourth-order valence-corrected chi connectivity index (χ4v) is 3.15. The highest BCUT2D eigenvalue weighted by Gasteiger charge is 2.23. The molecule has 1 heterocycles. The first-order valence-electron chi connectivity index (χ1n) is 8.39. The third kappa shape index (κ3) is 3.27. The SMILES string of the molecule is COc1ccc2oc(-c3ccccc3)c(C(=O)Nc3ccccc3Cl)c2c1. The van der Waals surface area contributed by atoms with Crippen LogP contribution in [-0.2, 0) is 0 Å². The summed E-state index contributed by atoms with van der Waals surface area (Å²) < 4.78 is 11.3. The molecule has 4 aromatic rings. The average molecular weight is 378 g/mol. The van der Waals surface area contributed by atoms with Crippen LogP contribution in [0.15, 0.2) is 77.2 Å². The number of hydrogen-bond donors (Lipinski definition) is 1. The molecule has 5 heteroatoms. The van der Waals surface area contributed by atoms with E-state index in [1.54, 1.807) is 37.4 Å². The summed E-state index contributed by atoms with van der Waals surface area (Å²) in [6, 6.07) is 22.0. The molecule has 0 atom stereocenters. The number of ether oxygens (including phenoxy) is 1. The van der Waals surface area contributed by atoms with Gasteiger partial charge in [0, 0.05) is 10.9 Å². The Bertz CT molecular complexity index is 1120. The number of halogens is 1.